The molecule has 0 aliphatic heterocycles. The quantitative estimate of drug-likeness (QED) is 0.586. The highest BCUT2D eigenvalue weighted by Gasteiger charge is 2.30. The van der Waals surface area contributed by atoms with Crippen LogP contribution in [0.2, 0.25) is 0 Å². The van der Waals surface area contributed by atoms with Crippen LogP contribution in [0.15, 0.2) is 58.7 Å². The summed E-state index contributed by atoms with van der Waals surface area (Å²) in [4.78, 5) is 22.6. The van der Waals surface area contributed by atoms with Crippen molar-refractivity contribution in [1.29, 1.82) is 0 Å². The number of hydrogen-bond donors (Lipinski definition) is 1. The Morgan fingerprint density at radius 3 is 2.61 bits per heavy atom. The summed E-state index contributed by atoms with van der Waals surface area (Å²) in [5.41, 5.74) is 1.96. The molecule has 1 aliphatic carbocycles. The number of hydrogen-bond acceptors (Lipinski definition) is 2. The van der Waals surface area contributed by atoms with E-state index in [1.165, 1.54) is 24.3 Å². The van der Waals surface area contributed by atoms with E-state index in [9.17, 15) is 9.59 Å². The fourth-order valence-electron chi connectivity index (χ4n) is 2.53. The van der Waals surface area contributed by atoms with Gasteiger partial charge in [0.15, 0.2) is 5.78 Å². The number of aliphatic carboxylic acids is 1. The Morgan fingerprint density at radius 1 is 1.30 bits per heavy atom. The normalized spacial score (nSPS) is 22.4. The molecule has 0 spiro atoms. The van der Waals surface area contributed by atoms with Crippen molar-refractivity contribution >= 4 is 11.8 Å². The molecule has 1 aliphatic rings. The van der Waals surface area contributed by atoms with Crippen LogP contribution in [0.4, 0.5) is 0 Å². The third-order valence-corrected chi connectivity index (χ3v) is 3.94. The van der Waals surface area contributed by atoms with Gasteiger partial charge in [-0.15, -0.1) is 0 Å². The number of Topliss-reactive ketones (excluding diaryl/α,β-unsaturated/α-hetero) is 1. The molecule has 0 aromatic carbocycles. The zero-order chi connectivity index (χ0) is 20.1. The van der Waals surface area contributed by atoms with E-state index >= 15 is 0 Å². The molecule has 3 heteroatoms. The van der Waals surface area contributed by atoms with E-state index in [2.05, 4.69) is 0 Å². The second-order valence-corrected chi connectivity index (χ2v) is 6.39. The van der Waals surface area contributed by atoms with Crippen LogP contribution in [0.3, 0.4) is 0 Å². The summed E-state index contributed by atoms with van der Waals surface area (Å²) in [5.74, 6) is -0.962. The number of rotatable bonds is 5. The first-order chi connectivity index (χ1) is 11.8. The summed E-state index contributed by atoms with van der Waals surface area (Å²) in [7, 11) is 0. The molecule has 1 rings (SSSR count). The lowest BCUT2D eigenvalue weighted by Gasteiger charge is -2.32. The predicted molar refractivity (Wildman–Crippen MR) is 94.2 cm³/mol. The number of carboxylic acid groups (broad SMARTS) is 1. The van der Waals surface area contributed by atoms with Crippen LogP contribution in [0.1, 0.15) is 51.5 Å². The van der Waals surface area contributed by atoms with Crippen LogP contribution in [-0.4, -0.2) is 16.9 Å². The average molecular weight is 317 g/mol. The Balaban J connectivity index is 3.20. The van der Waals surface area contributed by atoms with E-state index in [1.807, 2.05) is 13.8 Å². The highest BCUT2D eigenvalue weighted by Crippen LogP contribution is 2.39. The predicted octanol–water partition coefficient (Wildman–Crippen LogP) is 4.78. The maximum absolute atomic E-state index is 12.0. The molecule has 124 valence electrons. The molecule has 0 fully saturated rings. The van der Waals surface area contributed by atoms with E-state index < -0.39 is 12.8 Å². The number of allylic oxidation sites excluding steroid dienone is 9. The van der Waals surface area contributed by atoms with Crippen LogP contribution in [0.25, 0.3) is 0 Å². The van der Waals surface area contributed by atoms with Gasteiger partial charge in [0.2, 0.25) is 0 Å². The molecule has 0 radical (unpaired) electrons. The van der Waals surface area contributed by atoms with Gasteiger partial charge in [-0.25, -0.2) is 4.79 Å². The van der Waals surface area contributed by atoms with Crippen molar-refractivity contribution in [1.82, 2.24) is 0 Å². The van der Waals surface area contributed by atoms with Crippen molar-refractivity contribution < 1.29 is 18.8 Å². The van der Waals surface area contributed by atoms with Gasteiger partial charge in [0, 0.05) is 16.6 Å². The van der Waals surface area contributed by atoms with Crippen molar-refractivity contribution in [3.8, 4) is 0 Å². The first kappa shape index (κ1) is 14.4. The highest BCUT2D eigenvalue weighted by molar-refractivity contribution is 5.97. The smallest absolute Gasteiger partial charge is 0.328 e. The van der Waals surface area contributed by atoms with Crippen molar-refractivity contribution in [2.75, 3.05) is 0 Å². The molecular formula is C20H26O3. The molecule has 0 bridgehead atoms. The molecular weight excluding hydrogens is 288 g/mol. The minimum atomic E-state index is -2.32. The molecule has 0 aromatic heterocycles. The third-order valence-electron chi connectivity index (χ3n) is 3.94. The number of carbonyl (C=O) groups excluding carboxylic acids is 1. The Bertz CT molecular complexity index is 730. The molecule has 1 N–H and O–H groups in total. The fraction of sp³-hybridized carbons (Fsp3) is 0.400. The van der Waals surface area contributed by atoms with Gasteiger partial charge in [0.05, 0.1) is 0 Å². The molecule has 0 heterocycles. The van der Waals surface area contributed by atoms with Gasteiger partial charge in [-0.2, -0.15) is 0 Å². The van der Waals surface area contributed by atoms with Crippen LogP contribution < -0.4 is 0 Å². The summed E-state index contributed by atoms with van der Waals surface area (Å²) in [5, 5.41) is 8.69. The lowest BCUT2D eigenvalue weighted by molar-refractivity contribution is -0.131. The molecule has 0 atom stereocenters. The maximum atomic E-state index is 12.0. The van der Waals surface area contributed by atoms with Gasteiger partial charge in [0.25, 0.3) is 0 Å². The van der Waals surface area contributed by atoms with Gasteiger partial charge in [-0.1, -0.05) is 49.8 Å². The number of ketones is 1. The van der Waals surface area contributed by atoms with Gasteiger partial charge < -0.3 is 5.11 Å². The standard InChI is InChI=1S/C20H26O3/c1-14(7-6-8-15(2)13-19(22)23)9-10-17-16(3)18(21)11-12-20(17,4)5/h6-10,13H,11-12H2,1-5H3,(H,22,23)/b8-6+,10-9+,14-7-,15-13+/i1D3. The van der Waals surface area contributed by atoms with Crippen LogP contribution in [-0.2, 0) is 9.59 Å². The van der Waals surface area contributed by atoms with E-state index in [0.29, 0.717) is 17.6 Å². The first-order valence-electron chi connectivity index (χ1n) is 9.07. The van der Waals surface area contributed by atoms with Crippen molar-refractivity contribution in [3.63, 3.8) is 0 Å². The Labute approximate surface area is 143 Å². The minimum Gasteiger partial charge on any atom is -0.478 e. The second kappa shape index (κ2) is 7.91. The molecule has 0 amide bonds. The molecule has 0 aromatic rings. The maximum Gasteiger partial charge on any atom is 0.328 e. The van der Waals surface area contributed by atoms with Crippen LogP contribution >= 0.6 is 0 Å². The first-order valence-corrected chi connectivity index (χ1v) is 7.57. The van der Waals surface area contributed by atoms with Crippen molar-refractivity contribution in [2.24, 2.45) is 5.41 Å². The van der Waals surface area contributed by atoms with Gasteiger partial charge in [0.1, 0.15) is 0 Å². The SMILES string of the molecule is [2H]C([2H])([2H])C(=C/C=C/C(C)=C/C(=O)O)/C=C/C1=C(C)C(=O)CCC1(C)C. The fourth-order valence-corrected chi connectivity index (χ4v) is 2.53. The van der Waals surface area contributed by atoms with Gasteiger partial charge in [-0.05, 0) is 49.3 Å². The number of carboxylic acids is 1. The summed E-state index contributed by atoms with van der Waals surface area (Å²) < 4.78 is 23.0. The van der Waals surface area contributed by atoms with Crippen LogP contribution in [0, 0.1) is 5.41 Å². The zero-order valence-electron chi connectivity index (χ0n) is 17.1. The van der Waals surface area contributed by atoms with Crippen LogP contribution in [0.5, 0.6) is 0 Å². The van der Waals surface area contributed by atoms with E-state index in [4.69, 9.17) is 9.22 Å². The summed E-state index contributed by atoms with van der Waals surface area (Å²) in [6.07, 6.45) is 10.0. The monoisotopic (exact) mass is 317 g/mol. The largest absolute Gasteiger partial charge is 0.478 e. The summed E-state index contributed by atoms with van der Waals surface area (Å²) in [6, 6.07) is 0. The van der Waals surface area contributed by atoms with E-state index in [1.54, 1.807) is 19.9 Å². The molecule has 0 saturated carbocycles. The lowest BCUT2D eigenvalue weighted by atomic mass is 9.72. The zero-order valence-corrected chi connectivity index (χ0v) is 14.1. The topological polar surface area (TPSA) is 54.4 Å². The highest BCUT2D eigenvalue weighted by atomic mass is 16.4. The molecule has 0 saturated heterocycles. The summed E-state index contributed by atoms with van der Waals surface area (Å²) in [6.45, 7) is 5.17. The van der Waals surface area contributed by atoms with Crippen molar-refractivity contribution in [2.45, 2.75) is 47.4 Å². The Hall–Kier alpha value is -2.16. The lowest BCUT2D eigenvalue weighted by Crippen LogP contribution is -2.24. The molecule has 23 heavy (non-hydrogen) atoms. The van der Waals surface area contributed by atoms with Gasteiger partial charge >= 0.3 is 5.97 Å². The molecule has 3 nitrogen and oxygen atoms in total. The van der Waals surface area contributed by atoms with E-state index in [-0.39, 0.29) is 16.8 Å². The molecule has 0 unspecified atom stereocenters. The average Bonchev–Trinajstić information content (AvgIpc) is 2.47. The Morgan fingerprint density at radius 2 is 2.00 bits per heavy atom. The minimum absolute atomic E-state index is 0.0951. The third kappa shape index (κ3) is 5.85. The van der Waals surface area contributed by atoms with Gasteiger partial charge in [-0.3, -0.25) is 4.79 Å². The second-order valence-electron chi connectivity index (χ2n) is 6.39. The Kier molecular flexibility index (Phi) is 4.96. The van der Waals surface area contributed by atoms with Crippen molar-refractivity contribution in [3.05, 3.63) is 58.7 Å². The number of carbonyl (C=O) groups is 2. The van der Waals surface area contributed by atoms with E-state index in [0.717, 1.165) is 18.1 Å². The summed E-state index contributed by atoms with van der Waals surface area (Å²) >= 11 is 0.